The summed E-state index contributed by atoms with van der Waals surface area (Å²) in [6.07, 6.45) is 4.37. The molecule has 0 fully saturated rings. The van der Waals surface area contributed by atoms with Crippen LogP contribution in [0.1, 0.15) is 41.3 Å². The number of Topliss-reactive ketones (excluding diaryl/α,β-unsaturated/α-hetero) is 1. The summed E-state index contributed by atoms with van der Waals surface area (Å²) in [6, 6.07) is 14.6. The van der Waals surface area contributed by atoms with Crippen molar-refractivity contribution in [2.75, 3.05) is 5.32 Å². The number of hydrogen-bond donors (Lipinski definition) is 1. The van der Waals surface area contributed by atoms with E-state index < -0.39 is 0 Å². The van der Waals surface area contributed by atoms with Crippen LogP contribution in [0.4, 0.5) is 5.69 Å². The molecule has 0 unspecified atom stereocenters. The molecule has 1 N–H and O–H groups in total. The van der Waals surface area contributed by atoms with Gasteiger partial charge in [-0.2, -0.15) is 0 Å². The van der Waals surface area contributed by atoms with Gasteiger partial charge in [0.15, 0.2) is 12.3 Å². The molecule has 4 rings (SSSR count). The van der Waals surface area contributed by atoms with Gasteiger partial charge < -0.3 is 5.32 Å². The SMILES string of the molecule is O=C(Cn1nc(CNc2ccc(Cl)cc2)[n+]2c1CCCCC2)c1ccc(Cl)cc1. The Bertz CT molecular complexity index is 997. The van der Waals surface area contributed by atoms with Gasteiger partial charge in [0.1, 0.15) is 6.54 Å². The van der Waals surface area contributed by atoms with E-state index in [2.05, 4.69) is 9.88 Å². The second-order valence-corrected chi connectivity index (χ2v) is 8.12. The molecule has 0 saturated heterocycles. The van der Waals surface area contributed by atoms with Gasteiger partial charge in [-0.3, -0.25) is 4.79 Å². The topological polar surface area (TPSA) is 50.8 Å². The zero-order chi connectivity index (χ0) is 20.2. The van der Waals surface area contributed by atoms with Crippen LogP contribution in [0.15, 0.2) is 48.5 Å². The smallest absolute Gasteiger partial charge is 0.296 e. The van der Waals surface area contributed by atoms with Crippen LogP contribution in [-0.2, 0) is 26.1 Å². The third kappa shape index (κ3) is 4.80. The molecule has 0 atom stereocenters. The highest BCUT2D eigenvalue weighted by molar-refractivity contribution is 6.30. The number of rotatable bonds is 6. The summed E-state index contributed by atoms with van der Waals surface area (Å²) >= 11 is 11.9. The largest absolute Gasteiger partial charge is 0.375 e. The van der Waals surface area contributed by atoms with Gasteiger partial charge in [-0.05, 0) is 67.8 Å². The van der Waals surface area contributed by atoms with Gasteiger partial charge in [-0.1, -0.05) is 23.2 Å². The Kier molecular flexibility index (Phi) is 6.16. The number of benzene rings is 2. The van der Waals surface area contributed by atoms with E-state index in [-0.39, 0.29) is 12.3 Å². The Balaban J connectivity index is 1.56. The maximum Gasteiger partial charge on any atom is 0.296 e. The molecule has 7 heteroatoms. The maximum atomic E-state index is 12.8. The van der Waals surface area contributed by atoms with Gasteiger partial charge in [-0.25, -0.2) is 4.57 Å². The van der Waals surface area contributed by atoms with Gasteiger partial charge >= 0.3 is 0 Å². The molecule has 0 radical (unpaired) electrons. The molecule has 0 bridgehead atoms. The molecular weight excluding hydrogens is 407 g/mol. The predicted octanol–water partition coefficient (Wildman–Crippen LogP) is 4.70. The van der Waals surface area contributed by atoms with Crippen molar-refractivity contribution >= 4 is 34.7 Å². The van der Waals surface area contributed by atoms with E-state index in [0.717, 1.165) is 43.1 Å². The third-order valence-electron chi connectivity index (χ3n) is 5.19. The number of ketones is 1. The van der Waals surface area contributed by atoms with Crippen LogP contribution in [0.5, 0.6) is 0 Å². The van der Waals surface area contributed by atoms with Gasteiger partial charge in [0, 0.05) is 32.8 Å². The summed E-state index contributed by atoms with van der Waals surface area (Å²) in [6.45, 7) is 1.76. The van der Waals surface area contributed by atoms with Crippen molar-refractivity contribution < 1.29 is 9.36 Å². The second kappa shape index (κ2) is 8.97. The van der Waals surface area contributed by atoms with Gasteiger partial charge in [0.2, 0.25) is 5.82 Å². The molecule has 1 aromatic heterocycles. The van der Waals surface area contributed by atoms with Crippen LogP contribution < -0.4 is 9.88 Å². The molecule has 0 spiro atoms. The summed E-state index contributed by atoms with van der Waals surface area (Å²) in [7, 11) is 0. The Morgan fingerprint density at radius 1 is 1.00 bits per heavy atom. The van der Waals surface area contributed by atoms with Crippen LogP contribution in [0, 0.1) is 0 Å². The zero-order valence-corrected chi connectivity index (χ0v) is 17.6. The van der Waals surface area contributed by atoms with E-state index in [1.807, 2.05) is 28.9 Å². The molecule has 0 aliphatic carbocycles. The number of carbonyl (C=O) groups is 1. The van der Waals surface area contributed by atoms with E-state index in [4.69, 9.17) is 28.3 Å². The molecule has 150 valence electrons. The van der Waals surface area contributed by atoms with Crippen molar-refractivity contribution in [3.05, 3.63) is 75.8 Å². The van der Waals surface area contributed by atoms with Crippen LogP contribution in [0.3, 0.4) is 0 Å². The average Bonchev–Trinajstić information content (AvgIpc) is 2.89. The minimum Gasteiger partial charge on any atom is -0.375 e. The fraction of sp³-hybridized carbons (Fsp3) is 0.318. The number of halogens is 2. The fourth-order valence-electron chi connectivity index (χ4n) is 3.66. The second-order valence-electron chi connectivity index (χ2n) is 7.24. The van der Waals surface area contributed by atoms with Crippen molar-refractivity contribution in [3.63, 3.8) is 0 Å². The van der Waals surface area contributed by atoms with Crippen LogP contribution in [0.25, 0.3) is 0 Å². The highest BCUT2D eigenvalue weighted by Crippen LogP contribution is 2.16. The Hall–Kier alpha value is -2.37. The standard InChI is InChI=1S/C22H23Cl2N4O/c23-17-7-5-16(6-8-17)20(29)15-28-22-4-2-1-3-13-27(22)21(26-28)14-25-19-11-9-18(24)10-12-19/h5-12,25H,1-4,13-15H2/q+1. The lowest BCUT2D eigenvalue weighted by Crippen LogP contribution is -2.41. The van der Waals surface area contributed by atoms with Crippen molar-refractivity contribution in [1.82, 2.24) is 9.78 Å². The monoisotopic (exact) mass is 429 g/mol. The van der Waals surface area contributed by atoms with Gasteiger partial charge in [0.05, 0.1) is 6.54 Å². The van der Waals surface area contributed by atoms with Gasteiger partial charge in [-0.15, -0.1) is 4.68 Å². The summed E-state index contributed by atoms with van der Waals surface area (Å²) in [5, 5.41) is 9.54. The normalized spacial score (nSPS) is 13.6. The first-order valence-electron chi connectivity index (χ1n) is 9.87. The predicted molar refractivity (Wildman–Crippen MR) is 115 cm³/mol. The maximum absolute atomic E-state index is 12.8. The highest BCUT2D eigenvalue weighted by Gasteiger charge is 2.28. The molecular formula is C22H23Cl2N4O+. The first-order valence-corrected chi connectivity index (χ1v) is 10.6. The van der Waals surface area contributed by atoms with Crippen LogP contribution >= 0.6 is 23.2 Å². The van der Waals surface area contributed by atoms with Crippen molar-refractivity contribution in [3.8, 4) is 0 Å². The summed E-state index contributed by atoms with van der Waals surface area (Å²) in [5.41, 5.74) is 1.64. The number of anilines is 1. The molecule has 2 heterocycles. The summed E-state index contributed by atoms with van der Waals surface area (Å²) < 4.78 is 4.15. The number of nitrogens with zero attached hydrogens (tertiary/aromatic N) is 3. The number of aromatic nitrogens is 3. The van der Waals surface area contributed by atoms with E-state index in [1.54, 1.807) is 24.3 Å². The first-order chi connectivity index (χ1) is 14.1. The quantitative estimate of drug-likeness (QED) is 0.456. The lowest BCUT2D eigenvalue weighted by atomic mass is 10.1. The average molecular weight is 430 g/mol. The first kappa shape index (κ1) is 19.9. The molecule has 0 amide bonds. The zero-order valence-electron chi connectivity index (χ0n) is 16.1. The molecule has 1 aliphatic rings. The minimum absolute atomic E-state index is 0.0361. The molecule has 5 nitrogen and oxygen atoms in total. The van der Waals surface area contributed by atoms with Crippen LogP contribution in [0.2, 0.25) is 10.0 Å². The van der Waals surface area contributed by atoms with Gasteiger partial charge in [0.25, 0.3) is 5.82 Å². The Morgan fingerprint density at radius 2 is 1.69 bits per heavy atom. The van der Waals surface area contributed by atoms with Crippen molar-refractivity contribution in [2.24, 2.45) is 0 Å². The summed E-state index contributed by atoms with van der Waals surface area (Å²) in [4.78, 5) is 12.8. The Morgan fingerprint density at radius 3 is 2.41 bits per heavy atom. The van der Waals surface area contributed by atoms with Crippen molar-refractivity contribution in [1.29, 1.82) is 0 Å². The third-order valence-corrected chi connectivity index (χ3v) is 5.70. The number of carbonyl (C=O) groups excluding carboxylic acids is 1. The highest BCUT2D eigenvalue weighted by atomic mass is 35.5. The van der Waals surface area contributed by atoms with E-state index in [1.165, 1.54) is 6.42 Å². The molecule has 2 aromatic carbocycles. The van der Waals surface area contributed by atoms with Crippen molar-refractivity contribution in [2.45, 2.75) is 45.3 Å². The number of nitrogens with one attached hydrogen (secondary N) is 1. The summed E-state index contributed by atoms with van der Waals surface area (Å²) in [5.74, 6) is 2.10. The molecule has 3 aromatic rings. The molecule has 0 saturated carbocycles. The Labute approximate surface area is 180 Å². The lowest BCUT2D eigenvalue weighted by molar-refractivity contribution is -0.710. The van der Waals surface area contributed by atoms with E-state index >= 15 is 0 Å². The molecule has 1 aliphatic heterocycles. The molecule has 29 heavy (non-hydrogen) atoms. The van der Waals surface area contributed by atoms with Crippen LogP contribution in [-0.4, -0.2) is 15.6 Å². The van der Waals surface area contributed by atoms with E-state index in [9.17, 15) is 4.79 Å². The number of fused-ring (bicyclic) bond motifs is 1. The fourth-order valence-corrected chi connectivity index (χ4v) is 3.91. The van der Waals surface area contributed by atoms with E-state index in [0.29, 0.717) is 22.2 Å². The minimum atomic E-state index is 0.0361. The lowest BCUT2D eigenvalue weighted by Gasteiger charge is -2.04. The number of hydrogen-bond acceptors (Lipinski definition) is 3.